The van der Waals surface area contributed by atoms with Gasteiger partial charge < -0.3 is 28.4 Å². The lowest BCUT2D eigenvalue weighted by atomic mass is 10.2. The van der Waals surface area contributed by atoms with Gasteiger partial charge in [-0.2, -0.15) is 0 Å². The molecule has 0 amide bonds. The first kappa shape index (κ1) is 29.3. The lowest BCUT2D eigenvalue weighted by Gasteiger charge is -2.08. The van der Waals surface area contributed by atoms with Crippen molar-refractivity contribution in [1.82, 2.24) is 9.97 Å². The number of nitrogens with zero attached hydrogens (tertiary/aromatic N) is 2. The van der Waals surface area contributed by atoms with E-state index in [1.165, 1.54) is 0 Å². The van der Waals surface area contributed by atoms with Crippen molar-refractivity contribution in [2.75, 3.05) is 76.7 Å². The van der Waals surface area contributed by atoms with Gasteiger partial charge in [0.15, 0.2) is 0 Å². The summed E-state index contributed by atoms with van der Waals surface area (Å²) in [7, 11) is 0. The molecule has 10 heteroatoms. The highest BCUT2D eigenvalue weighted by Gasteiger charge is 2.03. The van der Waals surface area contributed by atoms with Crippen LogP contribution in [0.15, 0.2) is 36.7 Å². The second-order valence-corrected chi connectivity index (χ2v) is 8.62. The summed E-state index contributed by atoms with van der Waals surface area (Å²) in [5.74, 6) is 0. The summed E-state index contributed by atoms with van der Waals surface area (Å²) in [5.41, 5.74) is 3.65. The molecule has 0 aliphatic carbocycles. The molecule has 0 aromatic carbocycles. The molecule has 0 fully saturated rings. The minimum Gasteiger partial charge on any atom is -0.378 e. The van der Waals surface area contributed by atoms with Gasteiger partial charge in [0.25, 0.3) is 0 Å². The van der Waals surface area contributed by atoms with Crippen molar-refractivity contribution < 1.29 is 28.4 Å². The summed E-state index contributed by atoms with van der Waals surface area (Å²) in [6.45, 7) is 6.88. The van der Waals surface area contributed by atoms with Crippen LogP contribution in [0.4, 0.5) is 0 Å². The van der Waals surface area contributed by atoms with E-state index in [1.807, 2.05) is 36.7 Å². The van der Waals surface area contributed by atoms with Crippen LogP contribution in [0.5, 0.6) is 0 Å². The van der Waals surface area contributed by atoms with E-state index in [0.29, 0.717) is 79.3 Å². The molecule has 2 aromatic rings. The van der Waals surface area contributed by atoms with Crippen LogP contribution in [0.3, 0.4) is 0 Å². The molecule has 0 aliphatic rings. The molecular weight excluding hydrogens is 572 g/mol. The first-order valence-corrected chi connectivity index (χ1v) is 13.6. The molecule has 0 atom stereocenters. The summed E-state index contributed by atoms with van der Waals surface area (Å²) < 4.78 is 32.8. The average molecular weight is 606 g/mol. The first-order chi connectivity index (χ1) is 16.8. The van der Waals surface area contributed by atoms with Crippen LogP contribution >= 0.6 is 31.9 Å². The Bertz CT molecular complexity index is 674. The van der Waals surface area contributed by atoms with Gasteiger partial charge >= 0.3 is 0 Å². The maximum Gasteiger partial charge on any atom is 0.0886 e. The number of aromatic nitrogens is 2. The number of alkyl halides is 2. The lowest BCUT2D eigenvalue weighted by Crippen LogP contribution is -2.10. The number of pyridine rings is 2. The van der Waals surface area contributed by atoms with E-state index in [4.69, 9.17) is 28.4 Å². The third-order valence-corrected chi connectivity index (χ3v) is 5.03. The summed E-state index contributed by atoms with van der Waals surface area (Å²) in [4.78, 5) is 9.01. The monoisotopic (exact) mass is 604 g/mol. The number of halogens is 2. The SMILES string of the molecule is BrCCOCCOCCOCc1ccc(-c2ccc(COCCOCCOCCBr)cn2)nc1. The van der Waals surface area contributed by atoms with Crippen molar-refractivity contribution in [3.8, 4) is 11.4 Å². The van der Waals surface area contributed by atoms with E-state index in [-0.39, 0.29) is 0 Å². The van der Waals surface area contributed by atoms with Crippen molar-refractivity contribution in [1.29, 1.82) is 0 Å². The molecule has 0 unspecified atom stereocenters. The van der Waals surface area contributed by atoms with Gasteiger partial charge in [-0.05, 0) is 23.3 Å². The van der Waals surface area contributed by atoms with Gasteiger partial charge in [0, 0.05) is 23.1 Å². The van der Waals surface area contributed by atoms with Crippen LogP contribution in [0.2, 0.25) is 0 Å². The van der Waals surface area contributed by atoms with Crippen molar-refractivity contribution in [3.05, 3.63) is 47.8 Å². The van der Waals surface area contributed by atoms with E-state index < -0.39 is 0 Å². The normalized spacial score (nSPS) is 11.2. The zero-order chi connectivity index (χ0) is 24.1. The molecule has 0 N–H and O–H groups in total. The Morgan fingerprint density at radius 3 is 1.15 bits per heavy atom. The van der Waals surface area contributed by atoms with Crippen molar-refractivity contribution in [2.45, 2.75) is 13.2 Å². The largest absolute Gasteiger partial charge is 0.378 e. The fourth-order valence-corrected chi connectivity index (χ4v) is 3.15. The smallest absolute Gasteiger partial charge is 0.0886 e. The molecular formula is C24H34Br2N2O6. The summed E-state index contributed by atoms with van der Waals surface area (Å²) >= 11 is 6.62. The molecule has 2 aromatic heterocycles. The fraction of sp³-hybridized carbons (Fsp3) is 0.583. The minimum absolute atomic E-state index is 0.494. The summed E-state index contributed by atoms with van der Waals surface area (Å²) in [6, 6.07) is 7.91. The molecule has 2 rings (SSSR count). The highest BCUT2D eigenvalue weighted by Crippen LogP contribution is 2.15. The van der Waals surface area contributed by atoms with E-state index in [0.717, 1.165) is 33.2 Å². The standard InChI is InChI=1S/C24H34Br2N2O6/c25-5-7-29-9-11-31-13-15-33-19-21-1-3-23(27-17-21)24-4-2-22(18-28-24)20-34-16-14-32-12-10-30-8-6-26/h1-4,17-18H,5-16,19-20H2. The van der Waals surface area contributed by atoms with Crippen molar-refractivity contribution in [3.63, 3.8) is 0 Å². The van der Waals surface area contributed by atoms with Gasteiger partial charge in [-0.25, -0.2) is 0 Å². The van der Waals surface area contributed by atoms with Crippen LogP contribution in [-0.2, 0) is 41.6 Å². The van der Waals surface area contributed by atoms with Crippen LogP contribution in [0.1, 0.15) is 11.1 Å². The van der Waals surface area contributed by atoms with Gasteiger partial charge in [0.2, 0.25) is 0 Å². The molecule has 0 radical (unpaired) electrons. The summed E-state index contributed by atoms with van der Waals surface area (Å²) in [5, 5.41) is 1.68. The van der Waals surface area contributed by atoms with Crippen LogP contribution in [-0.4, -0.2) is 86.7 Å². The number of hydrogen-bond donors (Lipinski definition) is 0. The van der Waals surface area contributed by atoms with Crippen LogP contribution in [0, 0.1) is 0 Å². The molecule has 0 saturated carbocycles. The van der Waals surface area contributed by atoms with Crippen LogP contribution < -0.4 is 0 Å². The molecule has 0 aliphatic heterocycles. The zero-order valence-corrected chi connectivity index (χ0v) is 22.6. The Labute approximate surface area is 218 Å². The Morgan fingerprint density at radius 1 is 0.471 bits per heavy atom. The highest BCUT2D eigenvalue weighted by molar-refractivity contribution is 9.09. The Hall–Kier alpha value is -0.980. The first-order valence-electron chi connectivity index (χ1n) is 11.3. The van der Waals surface area contributed by atoms with Crippen LogP contribution in [0.25, 0.3) is 11.4 Å². The van der Waals surface area contributed by atoms with Crippen molar-refractivity contribution in [2.24, 2.45) is 0 Å². The second-order valence-electron chi connectivity index (χ2n) is 7.04. The maximum absolute atomic E-state index is 5.63. The van der Waals surface area contributed by atoms with Gasteiger partial charge in [-0.15, -0.1) is 0 Å². The maximum atomic E-state index is 5.63. The third kappa shape index (κ3) is 13.8. The molecule has 2 heterocycles. The second kappa shape index (κ2) is 20.2. The predicted octanol–water partition coefficient (Wildman–Crippen LogP) is 4.03. The molecule has 190 valence electrons. The van der Waals surface area contributed by atoms with Gasteiger partial charge in [-0.1, -0.05) is 44.0 Å². The molecule has 0 saturated heterocycles. The third-order valence-electron chi connectivity index (χ3n) is 4.38. The van der Waals surface area contributed by atoms with Gasteiger partial charge in [0.05, 0.1) is 90.7 Å². The van der Waals surface area contributed by atoms with E-state index in [1.54, 1.807) is 0 Å². The highest BCUT2D eigenvalue weighted by atomic mass is 79.9. The quantitative estimate of drug-likeness (QED) is 0.156. The molecule has 8 nitrogen and oxygen atoms in total. The molecule has 34 heavy (non-hydrogen) atoms. The lowest BCUT2D eigenvalue weighted by molar-refractivity contribution is 0.0133. The van der Waals surface area contributed by atoms with Gasteiger partial charge in [-0.3, -0.25) is 9.97 Å². The van der Waals surface area contributed by atoms with Crippen molar-refractivity contribution >= 4 is 31.9 Å². The zero-order valence-electron chi connectivity index (χ0n) is 19.5. The molecule has 0 bridgehead atoms. The Morgan fingerprint density at radius 2 is 0.824 bits per heavy atom. The average Bonchev–Trinajstić information content (AvgIpc) is 2.87. The minimum atomic E-state index is 0.494. The predicted molar refractivity (Wildman–Crippen MR) is 138 cm³/mol. The number of ether oxygens (including phenoxy) is 6. The van der Waals surface area contributed by atoms with E-state index >= 15 is 0 Å². The Kier molecular flexibility index (Phi) is 17.4. The topological polar surface area (TPSA) is 81.2 Å². The number of hydrogen-bond acceptors (Lipinski definition) is 8. The van der Waals surface area contributed by atoms with E-state index in [2.05, 4.69) is 41.8 Å². The van der Waals surface area contributed by atoms with E-state index in [9.17, 15) is 0 Å². The number of rotatable bonds is 21. The summed E-state index contributed by atoms with van der Waals surface area (Å²) in [6.07, 6.45) is 3.63. The Balaban J connectivity index is 1.57. The molecule has 0 spiro atoms. The fourth-order valence-electron chi connectivity index (χ4n) is 2.69. The van der Waals surface area contributed by atoms with Gasteiger partial charge in [0.1, 0.15) is 0 Å².